The molecule has 94 valence electrons. The highest BCUT2D eigenvalue weighted by Crippen LogP contribution is 2.02. The molecule has 1 rings (SSSR count). The minimum absolute atomic E-state index is 0.158. The topological polar surface area (TPSA) is 66.9 Å². The smallest absolute Gasteiger partial charge is 0.271 e. The van der Waals surface area contributed by atoms with E-state index in [-0.39, 0.29) is 11.9 Å². The first-order chi connectivity index (χ1) is 8.21. The molecule has 0 unspecified atom stereocenters. The summed E-state index contributed by atoms with van der Waals surface area (Å²) >= 11 is 0. The molecule has 0 fully saturated rings. The van der Waals surface area contributed by atoms with Crippen LogP contribution in [0.2, 0.25) is 0 Å². The molecule has 1 aromatic rings. The van der Waals surface area contributed by atoms with Crippen molar-refractivity contribution in [1.29, 1.82) is 0 Å². The molecule has 5 nitrogen and oxygen atoms in total. The van der Waals surface area contributed by atoms with Crippen molar-refractivity contribution in [3.8, 4) is 0 Å². The van der Waals surface area contributed by atoms with Crippen LogP contribution in [-0.2, 0) is 0 Å². The van der Waals surface area contributed by atoms with Crippen LogP contribution in [0.25, 0.3) is 0 Å². The zero-order chi connectivity index (χ0) is 12.7. The normalized spacial score (nSPS) is 10.4. The highest BCUT2D eigenvalue weighted by Gasteiger charge is 2.11. The minimum atomic E-state index is -0.158. The Kier molecular flexibility index (Phi) is 5.39. The average molecular weight is 236 g/mol. The summed E-state index contributed by atoms with van der Waals surface area (Å²) in [4.78, 5) is 20.0. The zero-order valence-electron chi connectivity index (χ0n) is 10.7. The van der Waals surface area contributed by atoms with Crippen molar-refractivity contribution in [2.24, 2.45) is 0 Å². The van der Waals surface area contributed by atoms with E-state index in [4.69, 9.17) is 0 Å². The summed E-state index contributed by atoms with van der Waals surface area (Å²) in [6.45, 7) is 6.87. The third kappa shape index (κ3) is 4.01. The lowest BCUT2D eigenvalue weighted by Gasteiger charge is -2.14. The third-order valence-corrected chi connectivity index (χ3v) is 2.56. The number of carbonyl (C=O) groups is 1. The second-order valence-electron chi connectivity index (χ2n) is 3.80. The van der Waals surface area contributed by atoms with Crippen LogP contribution in [0.3, 0.4) is 0 Å². The third-order valence-electron chi connectivity index (χ3n) is 2.56. The van der Waals surface area contributed by atoms with Crippen LogP contribution in [0.1, 0.15) is 44.1 Å². The van der Waals surface area contributed by atoms with Gasteiger partial charge in [-0.1, -0.05) is 13.8 Å². The predicted octanol–water partition coefficient (Wildman–Crippen LogP) is 1.83. The van der Waals surface area contributed by atoms with Gasteiger partial charge >= 0.3 is 0 Å². The molecule has 17 heavy (non-hydrogen) atoms. The second-order valence-corrected chi connectivity index (χ2v) is 3.80. The van der Waals surface area contributed by atoms with Crippen LogP contribution < -0.4 is 10.6 Å². The molecule has 2 N–H and O–H groups in total. The van der Waals surface area contributed by atoms with Gasteiger partial charge in [0.1, 0.15) is 11.5 Å². The summed E-state index contributed by atoms with van der Waals surface area (Å²) in [5.74, 6) is 0.529. The van der Waals surface area contributed by atoms with E-state index in [9.17, 15) is 4.79 Å². The fourth-order valence-corrected chi connectivity index (χ4v) is 1.47. The van der Waals surface area contributed by atoms with E-state index in [2.05, 4.69) is 20.6 Å². The van der Waals surface area contributed by atoms with Crippen LogP contribution in [0.15, 0.2) is 12.4 Å². The van der Waals surface area contributed by atoms with Crippen LogP contribution in [0.5, 0.6) is 0 Å². The fourth-order valence-electron chi connectivity index (χ4n) is 1.47. The minimum Gasteiger partial charge on any atom is -0.369 e. The number of nitrogens with zero attached hydrogens (tertiary/aromatic N) is 2. The number of aromatic nitrogens is 2. The van der Waals surface area contributed by atoms with Crippen molar-refractivity contribution >= 4 is 11.7 Å². The maximum atomic E-state index is 11.8. The Bertz CT molecular complexity index is 346. The first-order valence-corrected chi connectivity index (χ1v) is 6.08. The summed E-state index contributed by atoms with van der Waals surface area (Å²) in [5, 5.41) is 5.95. The van der Waals surface area contributed by atoms with Gasteiger partial charge in [0.05, 0.1) is 12.4 Å². The van der Waals surface area contributed by atoms with Gasteiger partial charge in [0.25, 0.3) is 5.91 Å². The Morgan fingerprint density at radius 1 is 1.24 bits per heavy atom. The summed E-state index contributed by atoms with van der Waals surface area (Å²) in [5.41, 5.74) is 0.360. The van der Waals surface area contributed by atoms with E-state index in [1.807, 2.05) is 20.8 Å². The number of rotatable bonds is 6. The molecule has 0 spiro atoms. The molecule has 0 aliphatic carbocycles. The number of hydrogen-bond donors (Lipinski definition) is 2. The molecule has 1 heterocycles. The molecule has 5 heteroatoms. The number of amides is 1. The van der Waals surface area contributed by atoms with E-state index in [0.717, 1.165) is 19.4 Å². The highest BCUT2D eigenvalue weighted by molar-refractivity contribution is 5.92. The lowest BCUT2D eigenvalue weighted by molar-refractivity contribution is 0.0929. The highest BCUT2D eigenvalue weighted by atomic mass is 16.1. The molecule has 0 saturated heterocycles. The molecule has 0 aliphatic heterocycles. The van der Waals surface area contributed by atoms with Crippen LogP contribution in [0, 0.1) is 0 Å². The molecular weight excluding hydrogens is 216 g/mol. The molecule has 0 aliphatic rings. The van der Waals surface area contributed by atoms with Gasteiger partial charge in [0.15, 0.2) is 0 Å². The van der Waals surface area contributed by atoms with Gasteiger partial charge < -0.3 is 10.6 Å². The Hall–Kier alpha value is -1.65. The Balaban J connectivity index is 2.63. The van der Waals surface area contributed by atoms with Crippen molar-refractivity contribution in [1.82, 2.24) is 15.3 Å². The largest absolute Gasteiger partial charge is 0.369 e. The van der Waals surface area contributed by atoms with Gasteiger partial charge in [-0.2, -0.15) is 0 Å². The van der Waals surface area contributed by atoms with Crippen molar-refractivity contribution < 1.29 is 4.79 Å². The Morgan fingerprint density at radius 2 is 1.94 bits per heavy atom. The lowest BCUT2D eigenvalue weighted by atomic mass is 10.1. The second kappa shape index (κ2) is 6.83. The number of carbonyl (C=O) groups excluding carboxylic acids is 1. The summed E-state index contributed by atoms with van der Waals surface area (Å²) in [7, 11) is 0. The molecule has 1 aromatic heterocycles. The fraction of sp³-hybridized carbons (Fsp3) is 0.583. The van der Waals surface area contributed by atoms with Crippen molar-refractivity contribution in [2.75, 3.05) is 11.9 Å². The maximum absolute atomic E-state index is 11.8. The van der Waals surface area contributed by atoms with E-state index in [1.165, 1.54) is 6.20 Å². The number of anilines is 1. The van der Waals surface area contributed by atoms with Gasteiger partial charge in [-0.15, -0.1) is 0 Å². The lowest BCUT2D eigenvalue weighted by Crippen LogP contribution is -2.34. The molecule has 0 aromatic carbocycles. The SMILES string of the molecule is CCNc1cnc(C(=O)NC(CC)CC)cn1. The van der Waals surface area contributed by atoms with E-state index in [0.29, 0.717) is 11.5 Å². The van der Waals surface area contributed by atoms with Gasteiger partial charge in [-0.05, 0) is 19.8 Å². The zero-order valence-corrected chi connectivity index (χ0v) is 10.7. The van der Waals surface area contributed by atoms with Gasteiger partial charge in [-0.25, -0.2) is 9.97 Å². The van der Waals surface area contributed by atoms with E-state index in [1.54, 1.807) is 6.20 Å². The van der Waals surface area contributed by atoms with Crippen molar-refractivity contribution in [3.63, 3.8) is 0 Å². The average Bonchev–Trinajstić information content (AvgIpc) is 2.37. The summed E-state index contributed by atoms with van der Waals surface area (Å²) in [6, 6.07) is 0.206. The van der Waals surface area contributed by atoms with Crippen LogP contribution in [0.4, 0.5) is 5.82 Å². The summed E-state index contributed by atoms with van der Waals surface area (Å²) in [6.07, 6.45) is 4.91. The van der Waals surface area contributed by atoms with Gasteiger partial charge in [0.2, 0.25) is 0 Å². The first-order valence-electron chi connectivity index (χ1n) is 6.08. The number of hydrogen-bond acceptors (Lipinski definition) is 4. The molecular formula is C12H20N4O. The molecule has 0 bridgehead atoms. The van der Waals surface area contributed by atoms with E-state index < -0.39 is 0 Å². The molecule has 0 atom stereocenters. The van der Waals surface area contributed by atoms with Crippen molar-refractivity contribution in [2.45, 2.75) is 39.7 Å². The van der Waals surface area contributed by atoms with Crippen LogP contribution >= 0.6 is 0 Å². The van der Waals surface area contributed by atoms with E-state index >= 15 is 0 Å². The van der Waals surface area contributed by atoms with Crippen molar-refractivity contribution in [3.05, 3.63) is 18.1 Å². The maximum Gasteiger partial charge on any atom is 0.271 e. The van der Waals surface area contributed by atoms with Gasteiger partial charge in [-0.3, -0.25) is 4.79 Å². The Morgan fingerprint density at radius 3 is 2.41 bits per heavy atom. The molecule has 1 amide bonds. The standard InChI is InChI=1S/C12H20N4O/c1-4-9(5-2)16-12(17)10-7-15-11(8-14-10)13-6-3/h7-9H,4-6H2,1-3H3,(H,13,15)(H,16,17). The molecule has 0 radical (unpaired) electrons. The first kappa shape index (κ1) is 13.4. The molecule has 0 saturated carbocycles. The van der Waals surface area contributed by atoms with Crippen LogP contribution in [-0.4, -0.2) is 28.5 Å². The summed E-state index contributed by atoms with van der Waals surface area (Å²) < 4.78 is 0. The van der Waals surface area contributed by atoms with Gasteiger partial charge in [0, 0.05) is 12.6 Å². The monoisotopic (exact) mass is 236 g/mol. The quantitative estimate of drug-likeness (QED) is 0.790. The number of nitrogens with one attached hydrogen (secondary N) is 2. The Labute approximate surface area is 102 Å². The predicted molar refractivity (Wildman–Crippen MR) is 68.0 cm³/mol.